The predicted molar refractivity (Wildman–Crippen MR) is 103 cm³/mol. The molecule has 1 amide bonds. The molecular formula is C19H17ClN2O3S. The summed E-state index contributed by atoms with van der Waals surface area (Å²) in [5, 5.41) is 12.9. The lowest BCUT2D eigenvalue weighted by molar-refractivity contribution is -0.111. The molecule has 0 bridgehead atoms. The average Bonchev–Trinajstić information content (AvgIpc) is 2.89. The van der Waals surface area contributed by atoms with Crippen LogP contribution in [0.3, 0.4) is 0 Å². The molecule has 0 aliphatic heterocycles. The Balaban J connectivity index is 2.18. The number of benzene rings is 1. The number of carbonyl (C=O) groups excluding carboxylic acids is 2. The number of anilines is 1. The smallest absolute Gasteiger partial charge is 0.348 e. The number of thiophene rings is 1. The first-order valence-corrected chi connectivity index (χ1v) is 9.00. The molecule has 1 aromatic heterocycles. The van der Waals surface area contributed by atoms with Gasteiger partial charge in [-0.25, -0.2) is 4.79 Å². The van der Waals surface area contributed by atoms with E-state index in [0.717, 1.165) is 16.9 Å². The highest BCUT2D eigenvalue weighted by Crippen LogP contribution is 2.33. The van der Waals surface area contributed by atoms with Gasteiger partial charge in [0.15, 0.2) is 0 Å². The Morgan fingerprint density at radius 3 is 2.54 bits per heavy atom. The molecule has 0 saturated heterocycles. The number of rotatable bonds is 5. The van der Waals surface area contributed by atoms with Crippen molar-refractivity contribution in [3.63, 3.8) is 0 Å². The molecule has 0 atom stereocenters. The summed E-state index contributed by atoms with van der Waals surface area (Å²) in [6, 6.07) is 9.04. The Bertz CT molecular complexity index is 893. The number of nitriles is 1. The molecule has 7 heteroatoms. The molecule has 0 spiro atoms. The van der Waals surface area contributed by atoms with Gasteiger partial charge in [0.05, 0.1) is 11.7 Å². The third-order valence-corrected chi connectivity index (χ3v) is 4.76. The van der Waals surface area contributed by atoms with Crippen LogP contribution in [0.1, 0.15) is 40.2 Å². The van der Waals surface area contributed by atoms with Crippen molar-refractivity contribution in [3.8, 4) is 6.07 Å². The van der Waals surface area contributed by atoms with Crippen molar-refractivity contribution < 1.29 is 14.3 Å². The Morgan fingerprint density at radius 2 is 1.96 bits per heavy atom. The van der Waals surface area contributed by atoms with Gasteiger partial charge in [0.25, 0.3) is 0 Å². The molecule has 2 aromatic rings. The highest BCUT2D eigenvalue weighted by Gasteiger charge is 2.22. The second-order valence-corrected chi connectivity index (χ2v) is 7.16. The van der Waals surface area contributed by atoms with Gasteiger partial charge in [0, 0.05) is 11.1 Å². The highest BCUT2D eigenvalue weighted by molar-refractivity contribution is 7.18. The molecule has 1 aromatic carbocycles. The molecule has 1 heterocycles. The average molecular weight is 389 g/mol. The summed E-state index contributed by atoms with van der Waals surface area (Å²) in [4.78, 5) is 24.6. The zero-order valence-corrected chi connectivity index (χ0v) is 16.1. The van der Waals surface area contributed by atoms with Crippen LogP contribution in [0.2, 0.25) is 5.02 Å². The van der Waals surface area contributed by atoms with E-state index in [0.29, 0.717) is 20.5 Å². The Hall–Kier alpha value is -2.62. The Labute approximate surface area is 160 Å². The largest absolute Gasteiger partial charge is 0.459 e. The maximum Gasteiger partial charge on any atom is 0.348 e. The molecule has 0 unspecified atom stereocenters. The molecule has 5 nitrogen and oxygen atoms in total. The first-order chi connectivity index (χ1) is 12.3. The summed E-state index contributed by atoms with van der Waals surface area (Å²) < 4.78 is 5.17. The van der Waals surface area contributed by atoms with E-state index in [9.17, 15) is 14.9 Å². The number of ether oxygens (including phenoxy) is 1. The standard InChI is InChI=1S/C19H17ClN2O3S/c1-11(2)25-19(24)17-12(3)15(10-21)18(26-17)22-16(23)9-6-13-4-7-14(20)8-5-13/h4-9,11H,1-3H3,(H,22,23)/b9-6+. The summed E-state index contributed by atoms with van der Waals surface area (Å²) in [6.45, 7) is 5.15. The molecule has 0 radical (unpaired) electrons. The number of amides is 1. The lowest BCUT2D eigenvalue weighted by atomic mass is 10.1. The summed E-state index contributed by atoms with van der Waals surface area (Å²) in [7, 11) is 0. The first-order valence-electron chi connectivity index (χ1n) is 7.81. The van der Waals surface area contributed by atoms with E-state index in [4.69, 9.17) is 16.3 Å². The molecule has 0 aliphatic rings. The van der Waals surface area contributed by atoms with E-state index in [1.165, 1.54) is 6.08 Å². The van der Waals surface area contributed by atoms with E-state index in [2.05, 4.69) is 5.32 Å². The second-order valence-electron chi connectivity index (χ2n) is 5.70. The number of nitrogens with one attached hydrogen (secondary N) is 1. The van der Waals surface area contributed by atoms with Crippen LogP contribution in [0.25, 0.3) is 6.08 Å². The number of nitrogens with zero attached hydrogens (tertiary/aromatic N) is 1. The van der Waals surface area contributed by atoms with Crippen molar-refractivity contribution in [3.05, 3.63) is 56.9 Å². The van der Waals surface area contributed by atoms with Crippen LogP contribution in [-0.4, -0.2) is 18.0 Å². The van der Waals surface area contributed by atoms with Crippen molar-refractivity contribution in [2.75, 3.05) is 5.32 Å². The predicted octanol–water partition coefficient (Wildman–Crippen LogP) is 4.80. The topological polar surface area (TPSA) is 79.2 Å². The zero-order valence-electron chi connectivity index (χ0n) is 14.5. The minimum Gasteiger partial charge on any atom is -0.459 e. The Morgan fingerprint density at radius 1 is 1.31 bits per heavy atom. The fourth-order valence-electron chi connectivity index (χ4n) is 2.10. The summed E-state index contributed by atoms with van der Waals surface area (Å²) in [5.74, 6) is -0.905. The first kappa shape index (κ1) is 19.7. The summed E-state index contributed by atoms with van der Waals surface area (Å²) in [6.07, 6.45) is 2.72. The van der Waals surface area contributed by atoms with Gasteiger partial charge in [0.2, 0.25) is 5.91 Å². The third-order valence-electron chi connectivity index (χ3n) is 3.32. The van der Waals surface area contributed by atoms with E-state index in [1.54, 1.807) is 51.1 Å². The fraction of sp³-hybridized carbons (Fsp3) is 0.211. The van der Waals surface area contributed by atoms with Crippen molar-refractivity contribution in [1.29, 1.82) is 5.26 Å². The van der Waals surface area contributed by atoms with E-state index in [-0.39, 0.29) is 11.7 Å². The van der Waals surface area contributed by atoms with Gasteiger partial charge >= 0.3 is 5.97 Å². The number of esters is 1. The van der Waals surface area contributed by atoms with Crippen molar-refractivity contribution in [1.82, 2.24) is 0 Å². The molecule has 26 heavy (non-hydrogen) atoms. The van der Waals surface area contributed by atoms with Gasteiger partial charge in [-0.15, -0.1) is 11.3 Å². The van der Waals surface area contributed by atoms with Gasteiger partial charge in [-0.05, 0) is 50.1 Å². The quantitative estimate of drug-likeness (QED) is 0.589. The fourth-order valence-corrected chi connectivity index (χ4v) is 3.27. The number of carbonyl (C=O) groups is 2. The van der Waals surface area contributed by atoms with Crippen LogP contribution >= 0.6 is 22.9 Å². The SMILES string of the molecule is Cc1c(C(=O)OC(C)C)sc(NC(=O)/C=C/c2ccc(Cl)cc2)c1C#N. The van der Waals surface area contributed by atoms with E-state index >= 15 is 0 Å². The van der Waals surface area contributed by atoms with Crippen LogP contribution in [0, 0.1) is 18.3 Å². The maximum absolute atomic E-state index is 12.1. The summed E-state index contributed by atoms with van der Waals surface area (Å²) >= 11 is 6.85. The minimum absolute atomic E-state index is 0.263. The molecule has 134 valence electrons. The normalized spacial score (nSPS) is 10.8. The zero-order chi connectivity index (χ0) is 19.3. The number of hydrogen-bond acceptors (Lipinski definition) is 5. The van der Waals surface area contributed by atoms with Gasteiger partial charge in [-0.2, -0.15) is 5.26 Å². The Kier molecular flexibility index (Phi) is 6.56. The highest BCUT2D eigenvalue weighted by atomic mass is 35.5. The van der Waals surface area contributed by atoms with Crippen LogP contribution < -0.4 is 5.32 Å². The minimum atomic E-state index is -0.504. The van der Waals surface area contributed by atoms with Crippen molar-refractivity contribution in [2.24, 2.45) is 0 Å². The molecule has 0 fully saturated rings. The molecular weight excluding hydrogens is 372 g/mol. The van der Waals surface area contributed by atoms with Crippen LogP contribution in [0.15, 0.2) is 30.3 Å². The van der Waals surface area contributed by atoms with Crippen LogP contribution in [0.4, 0.5) is 5.00 Å². The van der Waals surface area contributed by atoms with Gasteiger partial charge in [-0.1, -0.05) is 23.7 Å². The van der Waals surface area contributed by atoms with Crippen LogP contribution in [0.5, 0.6) is 0 Å². The lowest BCUT2D eigenvalue weighted by Crippen LogP contribution is -2.11. The number of halogens is 1. The van der Waals surface area contributed by atoms with E-state index in [1.807, 2.05) is 6.07 Å². The van der Waals surface area contributed by atoms with Gasteiger partial charge < -0.3 is 10.1 Å². The van der Waals surface area contributed by atoms with Gasteiger partial charge in [0.1, 0.15) is 15.9 Å². The van der Waals surface area contributed by atoms with E-state index < -0.39 is 11.9 Å². The second kappa shape index (κ2) is 8.65. The maximum atomic E-state index is 12.1. The molecule has 2 rings (SSSR count). The molecule has 0 aliphatic carbocycles. The molecule has 1 N–H and O–H groups in total. The van der Waals surface area contributed by atoms with Gasteiger partial charge in [-0.3, -0.25) is 4.79 Å². The summed E-state index contributed by atoms with van der Waals surface area (Å²) in [5.41, 5.74) is 1.58. The lowest BCUT2D eigenvalue weighted by Gasteiger charge is -2.06. The van der Waals surface area contributed by atoms with Crippen molar-refractivity contribution >= 4 is 45.9 Å². The molecule has 0 saturated carbocycles. The van der Waals surface area contributed by atoms with Crippen molar-refractivity contribution in [2.45, 2.75) is 26.9 Å². The monoisotopic (exact) mass is 388 g/mol. The third kappa shape index (κ3) is 4.94. The number of hydrogen-bond donors (Lipinski definition) is 1. The van der Waals surface area contributed by atoms with Crippen LogP contribution in [-0.2, 0) is 9.53 Å².